The highest BCUT2D eigenvalue weighted by Crippen LogP contribution is 2.41. The smallest absolute Gasteiger partial charge is 0.535 e. The van der Waals surface area contributed by atoms with E-state index in [4.69, 9.17) is 14.1 Å². The lowest BCUT2D eigenvalue weighted by Gasteiger charge is -2.25. The maximum absolute atomic E-state index is 9.00. The van der Waals surface area contributed by atoms with E-state index in [0.29, 0.717) is 19.0 Å². The van der Waals surface area contributed by atoms with E-state index in [1.54, 1.807) is 6.07 Å². The summed E-state index contributed by atoms with van der Waals surface area (Å²) < 4.78 is 11.4. The summed E-state index contributed by atoms with van der Waals surface area (Å²) in [5.41, 5.74) is 4.01. The third kappa shape index (κ3) is 2.80. The first kappa shape index (κ1) is 16.9. The van der Waals surface area contributed by atoms with Crippen molar-refractivity contribution in [1.82, 2.24) is 0 Å². The summed E-state index contributed by atoms with van der Waals surface area (Å²) in [4.78, 5) is 0. The molecule has 0 aliphatic rings. The highest BCUT2D eigenvalue weighted by Gasteiger charge is 2.25. The van der Waals surface area contributed by atoms with Crippen LogP contribution >= 0.6 is 0 Å². The molecule has 0 spiro atoms. The Hall–Kier alpha value is -1.94. The van der Waals surface area contributed by atoms with Crippen molar-refractivity contribution in [2.24, 2.45) is 0 Å². The molecule has 4 heteroatoms. The lowest BCUT2D eigenvalue weighted by molar-refractivity contribution is 0.450. The van der Waals surface area contributed by atoms with Gasteiger partial charge in [0.25, 0.3) is 0 Å². The number of rotatable bonds is 2. The minimum Gasteiger partial charge on any atom is -0.535 e. The summed E-state index contributed by atoms with van der Waals surface area (Å²) >= 11 is 0. The van der Waals surface area contributed by atoms with Gasteiger partial charge in [-0.2, -0.15) is 0 Å². The second kappa shape index (κ2) is 5.56. The number of benzene rings is 2. The summed E-state index contributed by atoms with van der Waals surface area (Å²) in [5, 5.41) is 11.1. The fraction of sp³-hybridized carbons (Fsp3) is 0.400. The number of furan rings is 1. The van der Waals surface area contributed by atoms with Crippen LogP contribution in [-0.2, 0) is 10.8 Å². The second-order valence-electron chi connectivity index (χ2n) is 8.36. The van der Waals surface area contributed by atoms with Crippen molar-refractivity contribution in [2.75, 3.05) is 0 Å². The third-order valence-corrected chi connectivity index (χ3v) is 4.42. The van der Waals surface area contributed by atoms with Crippen molar-refractivity contribution < 1.29 is 14.1 Å². The van der Waals surface area contributed by atoms with Crippen LogP contribution in [-0.4, -0.2) is 12.7 Å². The largest absolute Gasteiger partial charge is 0.569 e. The Morgan fingerprint density at radius 3 is 2.21 bits per heavy atom. The fourth-order valence-corrected chi connectivity index (χ4v) is 3.01. The van der Waals surface area contributed by atoms with Crippen LogP contribution in [0.4, 0.5) is 0 Å². The normalized spacial score (nSPS) is 12.8. The van der Waals surface area contributed by atoms with Crippen LogP contribution in [0.2, 0.25) is 0 Å². The molecule has 3 rings (SSSR count). The van der Waals surface area contributed by atoms with Gasteiger partial charge in [0.2, 0.25) is 0 Å². The molecule has 0 fully saturated rings. The molecule has 0 unspecified atom stereocenters. The van der Waals surface area contributed by atoms with Gasteiger partial charge in [0.1, 0.15) is 11.3 Å². The predicted molar refractivity (Wildman–Crippen MR) is 99.7 cm³/mol. The van der Waals surface area contributed by atoms with E-state index in [0.717, 1.165) is 16.4 Å². The Bertz CT molecular complexity index is 895. The van der Waals surface area contributed by atoms with E-state index in [2.05, 4.69) is 53.7 Å². The van der Waals surface area contributed by atoms with Crippen molar-refractivity contribution in [1.29, 1.82) is 0 Å². The van der Waals surface area contributed by atoms with Gasteiger partial charge < -0.3 is 14.1 Å². The molecule has 0 saturated heterocycles. The van der Waals surface area contributed by atoms with E-state index in [1.807, 2.05) is 12.1 Å². The summed E-state index contributed by atoms with van der Waals surface area (Å²) in [6.45, 7) is 13.2. The maximum Gasteiger partial charge on any atom is 0.569 e. The van der Waals surface area contributed by atoms with Gasteiger partial charge in [0.05, 0.1) is 0 Å². The molecular weight excluding hydrogens is 299 g/mol. The quantitative estimate of drug-likeness (QED) is 0.668. The van der Waals surface area contributed by atoms with Crippen LogP contribution in [0, 0.1) is 0 Å². The molecule has 1 radical (unpaired) electrons. The van der Waals surface area contributed by atoms with E-state index in [1.165, 1.54) is 11.1 Å². The van der Waals surface area contributed by atoms with Crippen LogP contribution in [0.15, 0.2) is 34.7 Å². The van der Waals surface area contributed by atoms with Crippen molar-refractivity contribution in [2.45, 2.75) is 52.4 Å². The van der Waals surface area contributed by atoms with Gasteiger partial charge in [-0.05, 0) is 28.5 Å². The van der Waals surface area contributed by atoms with Gasteiger partial charge in [-0.15, -0.1) is 0 Å². The van der Waals surface area contributed by atoms with Crippen LogP contribution in [0.25, 0.3) is 21.9 Å². The molecule has 0 aliphatic heterocycles. The highest BCUT2D eigenvalue weighted by molar-refractivity contribution is 6.18. The molecule has 3 nitrogen and oxygen atoms in total. The van der Waals surface area contributed by atoms with Gasteiger partial charge >= 0.3 is 7.69 Å². The number of hydrogen-bond acceptors (Lipinski definition) is 3. The van der Waals surface area contributed by atoms with E-state index >= 15 is 0 Å². The molecule has 24 heavy (non-hydrogen) atoms. The first-order chi connectivity index (χ1) is 11.1. The Kier molecular flexibility index (Phi) is 3.91. The predicted octanol–water partition coefficient (Wildman–Crippen LogP) is 5.09. The molecule has 1 N–H and O–H groups in total. The summed E-state index contributed by atoms with van der Waals surface area (Å²) in [6.07, 6.45) is 0. The Morgan fingerprint density at radius 2 is 1.62 bits per heavy atom. The first-order valence-electron chi connectivity index (χ1n) is 8.25. The Labute approximate surface area is 143 Å². The lowest BCUT2D eigenvalue weighted by atomic mass is 9.79. The van der Waals surface area contributed by atoms with Crippen molar-refractivity contribution in [3.8, 4) is 5.75 Å². The lowest BCUT2D eigenvalue weighted by Crippen LogP contribution is -2.16. The molecule has 1 aromatic heterocycles. The van der Waals surface area contributed by atoms with E-state index in [9.17, 15) is 0 Å². The maximum atomic E-state index is 9.00. The molecule has 0 amide bonds. The highest BCUT2D eigenvalue weighted by atomic mass is 16.5. The van der Waals surface area contributed by atoms with Gasteiger partial charge in [-0.25, -0.2) is 0 Å². The molecule has 3 aromatic rings. The molecule has 125 valence electrons. The fourth-order valence-electron chi connectivity index (χ4n) is 3.01. The summed E-state index contributed by atoms with van der Waals surface area (Å²) in [6, 6.07) is 10.2. The molecule has 0 saturated carbocycles. The van der Waals surface area contributed by atoms with Gasteiger partial charge in [0, 0.05) is 16.3 Å². The topological polar surface area (TPSA) is 42.6 Å². The van der Waals surface area contributed by atoms with Crippen molar-refractivity contribution in [3.05, 3.63) is 41.5 Å². The van der Waals surface area contributed by atoms with Crippen molar-refractivity contribution >= 4 is 29.6 Å². The first-order valence-corrected chi connectivity index (χ1v) is 8.25. The molecule has 2 aromatic carbocycles. The van der Waals surface area contributed by atoms with E-state index < -0.39 is 0 Å². The SMILES string of the molecule is CC(C)(C)c1cc(C(C)(C)C)c2oc3c(O[B]O)cccc3c2c1. The zero-order valence-electron chi connectivity index (χ0n) is 15.2. The zero-order valence-corrected chi connectivity index (χ0v) is 15.2. The number of hydrogen-bond donors (Lipinski definition) is 1. The zero-order chi connectivity index (χ0) is 17.7. The number of fused-ring (bicyclic) bond motifs is 3. The van der Waals surface area contributed by atoms with E-state index in [-0.39, 0.29) is 10.8 Å². The van der Waals surface area contributed by atoms with Gasteiger partial charge in [-0.3, -0.25) is 0 Å². The van der Waals surface area contributed by atoms with Crippen LogP contribution in [0.3, 0.4) is 0 Å². The average Bonchev–Trinajstić information content (AvgIpc) is 2.84. The standard InChI is InChI=1S/C20H24BO3/c1-19(2,3)12-10-14-13-8-7-9-16(24-21-22)18(13)23-17(14)15(11-12)20(4,5)6/h7-11,22H,1-6H3. The van der Waals surface area contributed by atoms with Crippen LogP contribution in [0.5, 0.6) is 5.75 Å². The Morgan fingerprint density at radius 1 is 0.917 bits per heavy atom. The Balaban J connectivity index is 2.44. The van der Waals surface area contributed by atoms with Gasteiger partial charge in [-0.1, -0.05) is 59.7 Å². The average molecular weight is 323 g/mol. The molecule has 0 aliphatic carbocycles. The van der Waals surface area contributed by atoms with Crippen molar-refractivity contribution in [3.63, 3.8) is 0 Å². The monoisotopic (exact) mass is 323 g/mol. The molecular formula is C20H24BO3. The van der Waals surface area contributed by atoms with Crippen LogP contribution < -0.4 is 4.65 Å². The molecule has 0 bridgehead atoms. The minimum atomic E-state index is -0.0441. The third-order valence-electron chi connectivity index (χ3n) is 4.42. The van der Waals surface area contributed by atoms with Crippen LogP contribution in [0.1, 0.15) is 52.7 Å². The number of para-hydroxylation sites is 1. The minimum absolute atomic E-state index is 0.0441. The second-order valence-corrected chi connectivity index (χ2v) is 8.36. The van der Waals surface area contributed by atoms with Gasteiger partial charge in [0.15, 0.2) is 5.58 Å². The molecule has 0 atom stereocenters. The summed E-state index contributed by atoms with van der Waals surface area (Å²) in [7, 11) is 0.688. The summed E-state index contributed by atoms with van der Waals surface area (Å²) in [5.74, 6) is 0.517. The molecule has 1 heterocycles.